The fraction of sp³-hybridized carbons (Fsp3) is 0.294. The minimum absolute atomic E-state index is 0.172. The molecule has 0 saturated heterocycles. The molecule has 0 bridgehead atoms. The Labute approximate surface area is 121 Å². The van der Waals surface area contributed by atoms with Gasteiger partial charge in [-0.1, -0.05) is 48.5 Å². The Balaban J connectivity index is 1.92. The number of fused-ring (bicyclic) bond motifs is 3. The summed E-state index contributed by atoms with van der Waals surface area (Å²) in [4.78, 5) is 0. The zero-order chi connectivity index (χ0) is 15.0. The minimum Gasteiger partial charge on any atom is -0.303 e. The van der Waals surface area contributed by atoms with Gasteiger partial charge >= 0.3 is 6.18 Å². The fourth-order valence-corrected chi connectivity index (χ4v) is 3.03. The van der Waals surface area contributed by atoms with Gasteiger partial charge in [0, 0.05) is 6.04 Å². The number of nitrogens with one attached hydrogen (secondary N) is 1. The van der Waals surface area contributed by atoms with Crippen molar-refractivity contribution in [2.45, 2.75) is 31.6 Å². The lowest BCUT2D eigenvalue weighted by molar-refractivity contribution is -0.139. The molecular weight excluding hydrogens is 275 g/mol. The average molecular weight is 291 g/mol. The van der Waals surface area contributed by atoms with Crippen LogP contribution in [0.2, 0.25) is 0 Å². The van der Waals surface area contributed by atoms with Crippen molar-refractivity contribution in [2.75, 3.05) is 0 Å². The van der Waals surface area contributed by atoms with E-state index in [2.05, 4.69) is 5.32 Å². The van der Waals surface area contributed by atoms with E-state index in [-0.39, 0.29) is 6.04 Å². The van der Waals surface area contributed by atoms with Gasteiger partial charge in [-0.2, -0.15) is 13.2 Å². The molecule has 1 nitrogen and oxygen atoms in total. The first-order chi connectivity index (χ1) is 9.96. The molecule has 1 N–H and O–H groups in total. The highest BCUT2D eigenvalue weighted by molar-refractivity contribution is 5.78. The summed E-state index contributed by atoms with van der Waals surface area (Å²) in [5, 5.41) is 3.13. The van der Waals surface area contributed by atoms with Crippen LogP contribution in [-0.4, -0.2) is 12.2 Å². The lowest BCUT2D eigenvalue weighted by atomic mass is 10.0. The zero-order valence-electron chi connectivity index (χ0n) is 11.6. The molecule has 0 radical (unpaired) electrons. The molecule has 2 aromatic carbocycles. The summed E-state index contributed by atoms with van der Waals surface area (Å²) in [5.74, 6) is 0. The molecule has 0 aliphatic heterocycles. The number of benzene rings is 2. The van der Waals surface area contributed by atoms with Gasteiger partial charge < -0.3 is 5.32 Å². The molecule has 2 aromatic rings. The normalized spacial score (nSPS) is 15.6. The highest BCUT2D eigenvalue weighted by Gasteiger charge is 2.33. The molecule has 110 valence electrons. The Morgan fingerprint density at radius 3 is 1.90 bits per heavy atom. The van der Waals surface area contributed by atoms with E-state index in [9.17, 15) is 13.2 Å². The maximum absolute atomic E-state index is 12.5. The Morgan fingerprint density at radius 2 is 1.43 bits per heavy atom. The van der Waals surface area contributed by atoms with Crippen LogP contribution < -0.4 is 5.32 Å². The minimum atomic E-state index is -4.15. The number of hydrogen-bond donors (Lipinski definition) is 1. The van der Waals surface area contributed by atoms with E-state index in [0.29, 0.717) is 0 Å². The standard InChI is InChI=1S/C17H16F3N/c1-11(10-17(18,19)20)21-16-14-8-4-2-6-12(14)13-7-3-5-9-15(13)16/h2-9,11,16,21H,10H2,1H3. The van der Waals surface area contributed by atoms with Gasteiger partial charge in [0.15, 0.2) is 0 Å². The van der Waals surface area contributed by atoms with Gasteiger partial charge in [0.05, 0.1) is 12.5 Å². The smallest absolute Gasteiger partial charge is 0.303 e. The number of alkyl halides is 3. The summed E-state index contributed by atoms with van der Waals surface area (Å²) < 4.78 is 37.6. The van der Waals surface area contributed by atoms with Crippen LogP contribution in [0.15, 0.2) is 48.5 Å². The Kier molecular flexibility index (Phi) is 3.49. The highest BCUT2D eigenvalue weighted by Crippen LogP contribution is 2.43. The third kappa shape index (κ3) is 2.81. The summed E-state index contributed by atoms with van der Waals surface area (Å²) in [6.07, 6.45) is -4.97. The third-order valence-corrected chi connectivity index (χ3v) is 3.82. The van der Waals surface area contributed by atoms with E-state index in [1.807, 2.05) is 48.5 Å². The van der Waals surface area contributed by atoms with Crippen LogP contribution in [0.4, 0.5) is 13.2 Å². The van der Waals surface area contributed by atoms with E-state index in [1.165, 1.54) is 0 Å². The Bertz CT molecular complexity index is 603. The Morgan fingerprint density at radius 1 is 0.952 bits per heavy atom. The lowest BCUT2D eigenvalue weighted by Gasteiger charge is -2.22. The van der Waals surface area contributed by atoms with Crippen molar-refractivity contribution >= 4 is 0 Å². The van der Waals surface area contributed by atoms with Crippen molar-refractivity contribution in [3.63, 3.8) is 0 Å². The van der Waals surface area contributed by atoms with E-state index in [1.54, 1.807) is 6.92 Å². The maximum atomic E-state index is 12.5. The second-order valence-electron chi connectivity index (χ2n) is 5.49. The zero-order valence-corrected chi connectivity index (χ0v) is 11.6. The van der Waals surface area contributed by atoms with Gasteiger partial charge in [-0.15, -0.1) is 0 Å². The van der Waals surface area contributed by atoms with E-state index in [4.69, 9.17) is 0 Å². The molecule has 0 heterocycles. The molecule has 0 amide bonds. The van der Waals surface area contributed by atoms with Crippen LogP contribution in [-0.2, 0) is 0 Å². The molecule has 0 fully saturated rings. The van der Waals surface area contributed by atoms with Crippen molar-refractivity contribution in [3.05, 3.63) is 59.7 Å². The van der Waals surface area contributed by atoms with Gasteiger partial charge in [-0.3, -0.25) is 0 Å². The topological polar surface area (TPSA) is 12.0 Å². The first-order valence-corrected chi connectivity index (χ1v) is 6.97. The quantitative estimate of drug-likeness (QED) is 0.865. The Hall–Kier alpha value is -1.81. The van der Waals surface area contributed by atoms with Gasteiger partial charge in [0.2, 0.25) is 0 Å². The van der Waals surface area contributed by atoms with Crippen LogP contribution in [0, 0.1) is 0 Å². The molecule has 21 heavy (non-hydrogen) atoms. The first-order valence-electron chi connectivity index (χ1n) is 6.97. The van der Waals surface area contributed by atoms with E-state index >= 15 is 0 Å². The predicted molar refractivity (Wildman–Crippen MR) is 77.0 cm³/mol. The molecule has 3 rings (SSSR count). The second kappa shape index (κ2) is 5.19. The molecule has 1 unspecified atom stereocenters. The van der Waals surface area contributed by atoms with Crippen LogP contribution in [0.3, 0.4) is 0 Å². The van der Waals surface area contributed by atoms with Crippen LogP contribution in [0.5, 0.6) is 0 Å². The summed E-state index contributed by atoms with van der Waals surface area (Å²) in [6, 6.07) is 15.0. The van der Waals surface area contributed by atoms with Crippen molar-refractivity contribution < 1.29 is 13.2 Å². The van der Waals surface area contributed by atoms with Crippen molar-refractivity contribution in [3.8, 4) is 11.1 Å². The number of hydrogen-bond acceptors (Lipinski definition) is 1. The van der Waals surface area contributed by atoms with Crippen LogP contribution >= 0.6 is 0 Å². The number of halogens is 3. The van der Waals surface area contributed by atoms with Gasteiger partial charge in [0.1, 0.15) is 0 Å². The van der Waals surface area contributed by atoms with Gasteiger partial charge in [-0.25, -0.2) is 0 Å². The van der Waals surface area contributed by atoms with E-state index < -0.39 is 18.6 Å². The molecule has 0 aromatic heterocycles. The molecule has 0 saturated carbocycles. The van der Waals surface area contributed by atoms with Crippen molar-refractivity contribution in [1.82, 2.24) is 5.32 Å². The third-order valence-electron chi connectivity index (χ3n) is 3.82. The molecular formula is C17H16F3N. The van der Waals surface area contributed by atoms with Gasteiger partial charge in [-0.05, 0) is 29.2 Å². The average Bonchev–Trinajstić information content (AvgIpc) is 2.72. The molecule has 4 heteroatoms. The molecule has 0 spiro atoms. The summed E-state index contributed by atoms with van der Waals surface area (Å²) >= 11 is 0. The lowest BCUT2D eigenvalue weighted by Crippen LogP contribution is -2.34. The highest BCUT2D eigenvalue weighted by atomic mass is 19.4. The molecule has 1 aliphatic carbocycles. The maximum Gasteiger partial charge on any atom is 0.390 e. The predicted octanol–water partition coefficient (Wildman–Crippen LogP) is 4.69. The van der Waals surface area contributed by atoms with Crippen LogP contribution in [0.1, 0.15) is 30.5 Å². The largest absolute Gasteiger partial charge is 0.390 e. The van der Waals surface area contributed by atoms with E-state index in [0.717, 1.165) is 22.3 Å². The second-order valence-corrected chi connectivity index (χ2v) is 5.49. The van der Waals surface area contributed by atoms with Crippen molar-refractivity contribution in [1.29, 1.82) is 0 Å². The molecule has 1 aliphatic rings. The van der Waals surface area contributed by atoms with Crippen LogP contribution in [0.25, 0.3) is 11.1 Å². The monoisotopic (exact) mass is 291 g/mol. The summed E-state index contributed by atoms with van der Waals surface area (Å²) in [6.45, 7) is 1.58. The van der Waals surface area contributed by atoms with Gasteiger partial charge in [0.25, 0.3) is 0 Å². The summed E-state index contributed by atoms with van der Waals surface area (Å²) in [5.41, 5.74) is 4.30. The van der Waals surface area contributed by atoms with Crippen molar-refractivity contribution in [2.24, 2.45) is 0 Å². The first kappa shape index (κ1) is 14.1. The fourth-order valence-electron chi connectivity index (χ4n) is 3.03. The number of rotatable bonds is 3. The summed E-state index contributed by atoms with van der Waals surface area (Å²) in [7, 11) is 0. The molecule has 1 atom stereocenters. The SMILES string of the molecule is CC(CC(F)(F)F)NC1c2ccccc2-c2ccccc21.